The van der Waals surface area contributed by atoms with E-state index in [1.165, 1.54) is 17.3 Å². The summed E-state index contributed by atoms with van der Waals surface area (Å²) < 4.78 is 10.9. The van der Waals surface area contributed by atoms with Crippen LogP contribution in [0.3, 0.4) is 0 Å². The summed E-state index contributed by atoms with van der Waals surface area (Å²) >= 11 is 1.26. The van der Waals surface area contributed by atoms with E-state index in [0.29, 0.717) is 22.4 Å². The van der Waals surface area contributed by atoms with Crippen molar-refractivity contribution in [2.75, 3.05) is 0 Å². The van der Waals surface area contributed by atoms with E-state index in [2.05, 4.69) is 31.0 Å². The maximum Gasteiger partial charge on any atom is 0.277 e. The molecule has 5 nitrogen and oxygen atoms in total. The highest BCUT2D eigenvalue weighted by Crippen LogP contribution is 2.30. The Kier molecular flexibility index (Phi) is 5.05. The van der Waals surface area contributed by atoms with E-state index in [9.17, 15) is 4.79 Å². The third kappa shape index (κ3) is 3.90. The molecule has 0 fully saturated rings. The van der Waals surface area contributed by atoms with Crippen LogP contribution in [0.25, 0.3) is 11.5 Å². The lowest BCUT2D eigenvalue weighted by Gasteiger charge is -2.19. The van der Waals surface area contributed by atoms with Crippen molar-refractivity contribution in [2.24, 2.45) is 0 Å². The number of ketones is 1. The second-order valence-electron chi connectivity index (χ2n) is 7.22. The maximum absolute atomic E-state index is 12.7. The summed E-state index contributed by atoms with van der Waals surface area (Å²) in [6.07, 6.45) is 1.58. The highest BCUT2D eigenvalue weighted by atomic mass is 32.2. The van der Waals surface area contributed by atoms with Crippen LogP contribution in [0.15, 0.2) is 50.7 Å². The molecular weight excluding hydrogens is 348 g/mol. The van der Waals surface area contributed by atoms with E-state index >= 15 is 0 Å². The van der Waals surface area contributed by atoms with E-state index in [-0.39, 0.29) is 16.4 Å². The zero-order valence-electron chi connectivity index (χ0n) is 15.6. The first kappa shape index (κ1) is 18.5. The number of nitrogens with zero attached hydrogens (tertiary/aromatic N) is 2. The minimum Gasteiger partial charge on any atom is -0.469 e. The van der Waals surface area contributed by atoms with E-state index in [0.717, 1.165) is 5.56 Å². The third-order valence-corrected chi connectivity index (χ3v) is 5.11. The van der Waals surface area contributed by atoms with Gasteiger partial charge in [-0.05, 0) is 30.9 Å². The van der Waals surface area contributed by atoms with E-state index < -0.39 is 0 Å². The normalized spacial score (nSPS) is 13.0. The second-order valence-corrected chi connectivity index (χ2v) is 8.51. The predicted molar refractivity (Wildman–Crippen MR) is 102 cm³/mol. The summed E-state index contributed by atoms with van der Waals surface area (Å²) in [5.74, 6) is 1.15. The van der Waals surface area contributed by atoms with Gasteiger partial charge in [-0.3, -0.25) is 4.79 Å². The Morgan fingerprint density at radius 1 is 1.12 bits per heavy atom. The minimum atomic E-state index is -0.325. The monoisotopic (exact) mass is 370 g/mol. The molecule has 1 unspecified atom stereocenters. The molecule has 1 aromatic carbocycles. The van der Waals surface area contributed by atoms with Crippen molar-refractivity contribution < 1.29 is 13.6 Å². The largest absolute Gasteiger partial charge is 0.469 e. The quantitative estimate of drug-likeness (QED) is 0.448. The van der Waals surface area contributed by atoms with Crippen LogP contribution in [0.2, 0.25) is 0 Å². The van der Waals surface area contributed by atoms with Gasteiger partial charge in [-0.1, -0.05) is 56.8 Å². The minimum absolute atomic E-state index is 0.0368. The number of rotatable bonds is 5. The zero-order valence-corrected chi connectivity index (χ0v) is 16.4. The van der Waals surface area contributed by atoms with Gasteiger partial charge in [0.25, 0.3) is 11.1 Å². The topological polar surface area (TPSA) is 69.1 Å². The number of furan rings is 1. The van der Waals surface area contributed by atoms with Gasteiger partial charge >= 0.3 is 0 Å². The molecule has 2 heterocycles. The zero-order chi connectivity index (χ0) is 18.9. The number of Topliss-reactive ketones (excluding diaryl/α,β-unsaturated/α-hetero) is 1. The Balaban J connectivity index is 1.70. The van der Waals surface area contributed by atoms with Crippen molar-refractivity contribution in [1.29, 1.82) is 0 Å². The fraction of sp³-hybridized carbons (Fsp3) is 0.350. The Morgan fingerprint density at radius 2 is 1.81 bits per heavy atom. The molecule has 0 aliphatic carbocycles. The highest BCUT2D eigenvalue weighted by molar-refractivity contribution is 8.00. The molecule has 0 amide bonds. The molecule has 0 spiro atoms. The van der Waals surface area contributed by atoms with Crippen molar-refractivity contribution in [1.82, 2.24) is 10.2 Å². The molecule has 1 atom stereocenters. The van der Waals surface area contributed by atoms with Crippen LogP contribution in [0.5, 0.6) is 0 Å². The third-order valence-electron chi connectivity index (χ3n) is 4.18. The number of carbonyl (C=O) groups is 1. The lowest BCUT2D eigenvalue weighted by molar-refractivity contribution is 0.0993. The molecule has 0 bridgehead atoms. The average molecular weight is 370 g/mol. The Bertz CT molecular complexity index is 904. The van der Waals surface area contributed by atoms with Crippen LogP contribution < -0.4 is 0 Å². The number of carbonyl (C=O) groups excluding carboxylic acids is 1. The van der Waals surface area contributed by atoms with Gasteiger partial charge in [-0.15, -0.1) is 10.2 Å². The van der Waals surface area contributed by atoms with E-state index in [4.69, 9.17) is 8.83 Å². The molecule has 6 heteroatoms. The fourth-order valence-electron chi connectivity index (χ4n) is 2.55. The molecule has 0 radical (unpaired) electrons. The Morgan fingerprint density at radius 3 is 2.38 bits per heavy atom. The molecule has 0 saturated heterocycles. The molecule has 2 aromatic heterocycles. The standard InChI is InChI=1S/C20H22N2O3S/c1-12-16(10-11-24-12)18-21-22-19(25-18)26-13(2)17(23)14-6-8-15(9-7-14)20(3,4)5/h6-11,13H,1-5H3. The van der Waals surface area contributed by atoms with Crippen molar-refractivity contribution in [3.05, 3.63) is 53.5 Å². The van der Waals surface area contributed by atoms with Gasteiger partial charge < -0.3 is 8.83 Å². The molecule has 0 saturated carbocycles. The summed E-state index contributed by atoms with van der Waals surface area (Å²) in [6, 6.07) is 9.57. The number of thioether (sulfide) groups is 1. The number of benzene rings is 1. The summed E-state index contributed by atoms with van der Waals surface area (Å²) in [6.45, 7) is 10.1. The van der Waals surface area contributed by atoms with E-state index in [1.807, 2.05) is 38.1 Å². The average Bonchev–Trinajstić information content (AvgIpc) is 3.22. The number of hydrogen-bond acceptors (Lipinski definition) is 6. The Hall–Kier alpha value is -2.34. The SMILES string of the molecule is Cc1occc1-c1nnc(SC(C)C(=O)c2ccc(C(C)(C)C)cc2)o1. The summed E-state index contributed by atoms with van der Waals surface area (Å²) in [5.41, 5.74) is 2.71. The molecule has 0 aliphatic rings. The van der Waals surface area contributed by atoms with Crippen molar-refractivity contribution >= 4 is 17.5 Å². The van der Waals surface area contributed by atoms with Crippen LogP contribution in [0.1, 0.15) is 49.4 Å². The van der Waals surface area contributed by atoms with Crippen LogP contribution in [0, 0.1) is 6.92 Å². The molecule has 0 aliphatic heterocycles. The molecular formula is C20H22N2O3S. The summed E-state index contributed by atoms with van der Waals surface area (Å²) in [7, 11) is 0. The predicted octanol–water partition coefficient (Wildman–Crippen LogP) is 5.30. The lowest BCUT2D eigenvalue weighted by Crippen LogP contribution is -2.15. The van der Waals surface area contributed by atoms with Crippen LogP contribution in [-0.2, 0) is 5.41 Å². The first-order valence-electron chi connectivity index (χ1n) is 8.45. The molecule has 3 rings (SSSR count). The molecule has 136 valence electrons. The van der Waals surface area contributed by atoms with Crippen LogP contribution >= 0.6 is 11.8 Å². The number of hydrogen-bond donors (Lipinski definition) is 0. The highest BCUT2D eigenvalue weighted by Gasteiger charge is 2.22. The lowest BCUT2D eigenvalue weighted by atomic mass is 9.86. The molecule has 26 heavy (non-hydrogen) atoms. The number of aromatic nitrogens is 2. The van der Waals surface area contributed by atoms with Gasteiger partial charge in [0, 0.05) is 5.56 Å². The number of aryl methyl sites for hydroxylation is 1. The van der Waals surface area contributed by atoms with Crippen molar-refractivity contribution in [3.8, 4) is 11.5 Å². The van der Waals surface area contributed by atoms with Crippen molar-refractivity contribution in [2.45, 2.75) is 50.5 Å². The maximum atomic E-state index is 12.7. The summed E-state index contributed by atoms with van der Waals surface area (Å²) in [4.78, 5) is 12.7. The van der Waals surface area contributed by atoms with Gasteiger partial charge in [0.05, 0.1) is 17.1 Å². The van der Waals surface area contributed by atoms with Gasteiger partial charge in [-0.2, -0.15) is 0 Å². The Labute approximate surface area is 157 Å². The van der Waals surface area contributed by atoms with Gasteiger partial charge in [0.2, 0.25) is 0 Å². The van der Waals surface area contributed by atoms with Crippen LogP contribution in [-0.4, -0.2) is 21.2 Å². The smallest absolute Gasteiger partial charge is 0.277 e. The molecule has 3 aromatic rings. The fourth-order valence-corrected chi connectivity index (χ4v) is 3.31. The van der Waals surface area contributed by atoms with Crippen molar-refractivity contribution in [3.63, 3.8) is 0 Å². The van der Waals surface area contributed by atoms with Crippen LogP contribution in [0.4, 0.5) is 0 Å². The van der Waals surface area contributed by atoms with Gasteiger partial charge in [0.1, 0.15) is 5.76 Å². The second kappa shape index (κ2) is 7.11. The molecule has 0 N–H and O–H groups in total. The first-order chi connectivity index (χ1) is 12.3. The van der Waals surface area contributed by atoms with Gasteiger partial charge in [0.15, 0.2) is 5.78 Å². The first-order valence-corrected chi connectivity index (χ1v) is 9.33. The van der Waals surface area contributed by atoms with Gasteiger partial charge in [-0.25, -0.2) is 0 Å². The summed E-state index contributed by atoms with van der Waals surface area (Å²) in [5, 5.41) is 8.11. The van der Waals surface area contributed by atoms with E-state index in [1.54, 1.807) is 12.3 Å².